The molecule has 1 saturated carbocycles. The third-order valence-electron chi connectivity index (χ3n) is 3.66. The Labute approximate surface area is 123 Å². The summed E-state index contributed by atoms with van der Waals surface area (Å²) in [5, 5.41) is 8.84. The zero-order valence-corrected chi connectivity index (χ0v) is 11.7. The van der Waals surface area contributed by atoms with Gasteiger partial charge in [0.25, 0.3) is 0 Å². The molecule has 1 fully saturated rings. The van der Waals surface area contributed by atoms with Crippen LogP contribution in [0.25, 0.3) is 0 Å². The summed E-state index contributed by atoms with van der Waals surface area (Å²) in [5.74, 6) is 1.37. The van der Waals surface area contributed by atoms with Gasteiger partial charge in [0.2, 0.25) is 0 Å². The second kappa shape index (κ2) is 5.92. The third kappa shape index (κ3) is 3.57. The normalized spacial score (nSPS) is 13.7. The molecule has 1 heterocycles. The van der Waals surface area contributed by atoms with Crippen molar-refractivity contribution in [3.05, 3.63) is 59.5 Å². The molecular weight excluding hydrogens is 265 g/mol. The van der Waals surface area contributed by atoms with Crippen LogP contribution in [-0.2, 0) is 6.54 Å². The standard InChI is InChI=1S/C17H16FN3/c18-16-6-3-14(4-7-16)12-21(11-13-1-2-13)17-8-5-15(9-19)10-20-17/h3-8,10,13H,1-2,11-12H2. The first-order valence-electron chi connectivity index (χ1n) is 7.10. The summed E-state index contributed by atoms with van der Waals surface area (Å²) in [5.41, 5.74) is 1.62. The molecule has 1 aromatic carbocycles. The van der Waals surface area contributed by atoms with Gasteiger partial charge in [-0.2, -0.15) is 5.26 Å². The zero-order valence-electron chi connectivity index (χ0n) is 11.7. The van der Waals surface area contributed by atoms with Crippen LogP contribution in [0.4, 0.5) is 10.2 Å². The van der Waals surface area contributed by atoms with Gasteiger partial charge < -0.3 is 4.90 Å². The molecule has 2 aromatic rings. The molecule has 4 heteroatoms. The van der Waals surface area contributed by atoms with E-state index in [2.05, 4.69) is 16.0 Å². The minimum absolute atomic E-state index is 0.219. The molecule has 0 bridgehead atoms. The quantitative estimate of drug-likeness (QED) is 0.842. The molecule has 1 aromatic heterocycles. The number of hydrogen-bond donors (Lipinski definition) is 0. The first-order valence-corrected chi connectivity index (χ1v) is 7.10. The van der Waals surface area contributed by atoms with Crippen molar-refractivity contribution in [3.8, 4) is 6.07 Å². The largest absolute Gasteiger partial charge is 0.352 e. The highest BCUT2D eigenvalue weighted by molar-refractivity contribution is 5.43. The molecule has 0 atom stereocenters. The highest BCUT2D eigenvalue weighted by Crippen LogP contribution is 2.31. The Bertz CT molecular complexity index is 639. The van der Waals surface area contributed by atoms with Gasteiger partial charge in [-0.3, -0.25) is 0 Å². The number of halogens is 1. The van der Waals surface area contributed by atoms with Gasteiger partial charge in [-0.05, 0) is 48.6 Å². The lowest BCUT2D eigenvalue weighted by Gasteiger charge is -2.24. The summed E-state index contributed by atoms with van der Waals surface area (Å²) >= 11 is 0. The fourth-order valence-electron chi connectivity index (χ4n) is 2.30. The minimum Gasteiger partial charge on any atom is -0.352 e. The van der Waals surface area contributed by atoms with Gasteiger partial charge in [0.15, 0.2) is 0 Å². The van der Waals surface area contributed by atoms with E-state index in [1.165, 1.54) is 25.0 Å². The average Bonchev–Trinajstić information content (AvgIpc) is 3.33. The van der Waals surface area contributed by atoms with E-state index in [1.54, 1.807) is 24.4 Å². The Morgan fingerprint density at radius 1 is 1.19 bits per heavy atom. The molecule has 0 unspecified atom stereocenters. The van der Waals surface area contributed by atoms with Crippen molar-refractivity contribution in [2.75, 3.05) is 11.4 Å². The smallest absolute Gasteiger partial charge is 0.128 e. The monoisotopic (exact) mass is 281 g/mol. The molecule has 0 amide bonds. The van der Waals surface area contributed by atoms with E-state index in [1.807, 2.05) is 6.07 Å². The second-order valence-electron chi connectivity index (χ2n) is 5.47. The molecule has 1 aliphatic carbocycles. The molecule has 0 aliphatic heterocycles. The van der Waals surface area contributed by atoms with Gasteiger partial charge >= 0.3 is 0 Å². The lowest BCUT2D eigenvalue weighted by atomic mass is 10.2. The van der Waals surface area contributed by atoms with E-state index in [9.17, 15) is 4.39 Å². The SMILES string of the molecule is N#Cc1ccc(N(Cc2ccc(F)cc2)CC2CC2)nc1. The number of hydrogen-bond acceptors (Lipinski definition) is 3. The Hall–Kier alpha value is -2.41. The number of anilines is 1. The summed E-state index contributed by atoms with van der Waals surface area (Å²) in [6.07, 6.45) is 4.12. The van der Waals surface area contributed by atoms with Gasteiger partial charge in [0.1, 0.15) is 17.7 Å². The Morgan fingerprint density at radius 2 is 1.95 bits per heavy atom. The van der Waals surface area contributed by atoms with Crippen molar-refractivity contribution in [3.63, 3.8) is 0 Å². The van der Waals surface area contributed by atoms with Crippen molar-refractivity contribution < 1.29 is 4.39 Å². The van der Waals surface area contributed by atoms with E-state index in [4.69, 9.17) is 5.26 Å². The second-order valence-corrected chi connectivity index (χ2v) is 5.47. The first kappa shape index (κ1) is 13.6. The molecule has 1 aliphatic rings. The molecule has 0 saturated heterocycles. The molecule has 0 radical (unpaired) electrons. The van der Waals surface area contributed by atoms with Gasteiger partial charge in [0, 0.05) is 19.3 Å². The average molecular weight is 281 g/mol. The van der Waals surface area contributed by atoms with Crippen LogP contribution in [0, 0.1) is 23.1 Å². The lowest BCUT2D eigenvalue weighted by Crippen LogP contribution is -2.26. The number of benzene rings is 1. The fourth-order valence-corrected chi connectivity index (χ4v) is 2.30. The van der Waals surface area contributed by atoms with Gasteiger partial charge in [-0.1, -0.05) is 12.1 Å². The van der Waals surface area contributed by atoms with Crippen molar-refractivity contribution in [2.24, 2.45) is 5.92 Å². The number of nitriles is 1. The van der Waals surface area contributed by atoms with Crippen LogP contribution in [0.2, 0.25) is 0 Å². The number of rotatable bonds is 5. The van der Waals surface area contributed by atoms with Crippen LogP contribution in [0.5, 0.6) is 0 Å². The predicted octanol–water partition coefficient (Wildman–Crippen LogP) is 3.51. The molecule has 3 rings (SSSR count). The van der Waals surface area contributed by atoms with Crippen LogP contribution in [0.15, 0.2) is 42.6 Å². The van der Waals surface area contributed by atoms with Crippen LogP contribution in [-0.4, -0.2) is 11.5 Å². The topological polar surface area (TPSA) is 39.9 Å². The van der Waals surface area contributed by atoms with Gasteiger partial charge in [-0.25, -0.2) is 9.37 Å². The Balaban J connectivity index is 1.79. The van der Waals surface area contributed by atoms with Gasteiger partial charge in [0.05, 0.1) is 5.56 Å². The van der Waals surface area contributed by atoms with Crippen LogP contribution < -0.4 is 4.90 Å². The summed E-state index contributed by atoms with van der Waals surface area (Å²) in [7, 11) is 0. The molecule has 0 spiro atoms. The maximum Gasteiger partial charge on any atom is 0.128 e. The number of aromatic nitrogens is 1. The van der Waals surface area contributed by atoms with E-state index in [-0.39, 0.29) is 5.82 Å². The van der Waals surface area contributed by atoms with E-state index < -0.39 is 0 Å². The summed E-state index contributed by atoms with van der Waals surface area (Å²) in [4.78, 5) is 6.57. The third-order valence-corrected chi connectivity index (χ3v) is 3.66. The first-order chi connectivity index (χ1) is 10.2. The minimum atomic E-state index is -0.219. The zero-order chi connectivity index (χ0) is 14.7. The van der Waals surface area contributed by atoms with Crippen molar-refractivity contribution in [1.29, 1.82) is 5.26 Å². The van der Waals surface area contributed by atoms with Crippen LogP contribution >= 0.6 is 0 Å². The molecule has 21 heavy (non-hydrogen) atoms. The fraction of sp³-hybridized carbons (Fsp3) is 0.294. The van der Waals surface area contributed by atoms with E-state index in [0.717, 1.165) is 23.8 Å². The molecule has 106 valence electrons. The summed E-state index contributed by atoms with van der Waals surface area (Å²) in [6.45, 7) is 1.66. The molecule has 0 N–H and O–H groups in total. The molecular formula is C17H16FN3. The van der Waals surface area contributed by atoms with Crippen molar-refractivity contribution >= 4 is 5.82 Å². The maximum atomic E-state index is 13.0. The van der Waals surface area contributed by atoms with E-state index >= 15 is 0 Å². The van der Waals surface area contributed by atoms with Crippen molar-refractivity contribution in [2.45, 2.75) is 19.4 Å². The predicted molar refractivity (Wildman–Crippen MR) is 79.1 cm³/mol. The lowest BCUT2D eigenvalue weighted by molar-refractivity contribution is 0.626. The summed E-state index contributed by atoms with van der Waals surface area (Å²) in [6, 6.07) is 12.3. The van der Waals surface area contributed by atoms with Crippen LogP contribution in [0.1, 0.15) is 24.0 Å². The Morgan fingerprint density at radius 3 is 2.52 bits per heavy atom. The number of nitrogens with zero attached hydrogens (tertiary/aromatic N) is 3. The number of pyridine rings is 1. The van der Waals surface area contributed by atoms with Crippen LogP contribution in [0.3, 0.4) is 0 Å². The highest BCUT2D eigenvalue weighted by atomic mass is 19.1. The van der Waals surface area contributed by atoms with E-state index in [0.29, 0.717) is 12.1 Å². The Kier molecular flexibility index (Phi) is 3.83. The summed E-state index contributed by atoms with van der Waals surface area (Å²) < 4.78 is 13.0. The van der Waals surface area contributed by atoms with Gasteiger partial charge in [-0.15, -0.1) is 0 Å². The molecule has 3 nitrogen and oxygen atoms in total. The van der Waals surface area contributed by atoms with Crippen molar-refractivity contribution in [1.82, 2.24) is 4.98 Å². The maximum absolute atomic E-state index is 13.0. The highest BCUT2D eigenvalue weighted by Gasteiger charge is 2.25.